The first-order valence-corrected chi connectivity index (χ1v) is 6.89. The zero-order valence-electron chi connectivity index (χ0n) is 12.1. The van der Waals surface area contributed by atoms with Gasteiger partial charge in [-0.3, -0.25) is 0 Å². The smallest absolute Gasteiger partial charge is 0.213 e. The SMILES string of the molecule is CC(C)Oc1ccc(CN=C(N)N2CCOCC2)cn1. The Hall–Kier alpha value is -1.82. The number of aromatic nitrogens is 1. The predicted molar refractivity (Wildman–Crippen MR) is 77.7 cm³/mol. The Bertz CT molecular complexity index is 439. The van der Waals surface area contributed by atoms with Crippen LogP contribution in [0.5, 0.6) is 5.88 Å². The first kappa shape index (κ1) is 14.6. The van der Waals surface area contributed by atoms with Gasteiger partial charge < -0.3 is 20.1 Å². The first-order valence-electron chi connectivity index (χ1n) is 6.89. The number of pyridine rings is 1. The van der Waals surface area contributed by atoms with E-state index in [0.717, 1.165) is 18.7 Å². The summed E-state index contributed by atoms with van der Waals surface area (Å²) in [6, 6.07) is 3.82. The first-order chi connectivity index (χ1) is 9.65. The van der Waals surface area contributed by atoms with Crippen molar-refractivity contribution in [2.45, 2.75) is 26.5 Å². The van der Waals surface area contributed by atoms with Crippen molar-refractivity contribution in [2.75, 3.05) is 26.3 Å². The number of morpholine rings is 1. The molecule has 6 nitrogen and oxygen atoms in total. The Balaban J connectivity index is 1.89. The molecular weight excluding hydrogens is 256 g/mol. The monoisotopic (exact) mass is 278 g/mol. The molecule has 110 valence electrons. The highest BCUT2D eigenvalue weighted by molar-refractivity contribution is 5.78. The standard InChI is InChI=1S/C14H22N4O2/c1-11(2)20-13-4-3-12(9-16-13)10-17-14(15)18-5-7-19-8-6-18/h3-4,9,11H,5-8,10H2,1-2H3,(H2,15,17). The molecule has 2 rings (SSSR count). The minimum atomic E-state index is 0.128. The number of nitrogens with zero attached hydrogens (tertiary/aromatic N) is 3. The van der Waals surface area contributed by atoms with E-state index in [1.54, 1.807) is 6.20 Å². The maximum Gasteiger partial charge on any atom is 0.213 e. The molecule has 0 saturated carbocycles. The van der Waals surface area contributed by atoms with Crippen LogP contribution in [0, 0.1) is 0 Å². The zero-order valence-corrected chi connectivity index (χ0v) is 12.1. The summed E-state index contributed by atoms with van der Waals surface area (Å²) in [7, 11) is 0. The van der Waals surface area contributed by atoms with Gasteiger partial charge in [-0.15, -0.1) is 0 Å². The number of hydrogen-bond donors (Lipinski definition) is 1. The van der Waals surface area contributed by atoms with Crippen LogP contribution in [0.25, 0.3) is 0 Å². The highest BCUT2D eigenvalue weighted by Gasteiger charge is 2.11. The van der Waals surface area contributed by atoms with Gasteiger partial charge in [0.25, 0.3) is 0 Å². The highest BCUT2D eigenvalue weighted by Crippen LogP contribution is 2.10. The quantitative estimate of drug-likeness (QED) is 0.657. The molecule has 1 aliphatic rings. The molecule has 20 heavy (non-hydrogen) atoms. The molecule has 0 aliphatic carbocycles. The molecule has 1 aliphatic heterocycles. The van der Waals surface area contributed by atoms with E-state index in [9.17, 15) is 0 Å². The minimum absolute atomic E-state index is 0.128. The summed E-state index contributed by atoms with van der Waals surface area (Å²) in [6.45, 7) is 7.49. The van der Waals surface area contributed by atoms with Crippen LogP contribution >= 0.6 is 0 Å². The molecule has 0 atom stereocenters. The number of guanidine groups is 1. The maximum atomic E-state index is 5.97. The summed E-state index contributed by atoms with van der Waals surface area (Å²) in [5.41, 5.74) is 6.98. The predicted octanol–water partition coefficient (Wildman–Crippen LogP) is 1.02. The molecule has 1 fully saturated rings. The zero-order chi connectivity index (χ0) is 14.4. The molecule has 6 heteroatoms. The van der Waals surface area contributed by atoms with Gasteiger partial charge in [0.2, 0.25) is 5.88 Å². The van der Waals surface area contributed by atoms with E-state index in [4.69, 9.17) is 15.2 Å². The summed E-state index contributed by atoms with van der Waals surface area (Å²) in [5.74, 6) is 1.20. The fourth-order valence-corrected chi connectivity index (χ4v) is 1.88. The van der Waals surface area contributed by atoms with Gasteiger partial charge in [0, 0.05) is 25.4 Å². The van der Waals surface area contributed by atoms with Crippen molar-refractivity contribution >= 4 is 5.96 Å². The largest absolute Gasteiger partial charge is 0.475 e. The molecule has 0 aromatic carbocycles. The van der Waals surface area contributed by atoms with Crippen LogP contribution in [0.15, 0.2) is 23.3 Å². The molecule has 0 spiro atoms. The van der Waals surface area contributed by atoms with Crippen LogP contribution < -0.4 is 10.5 Å². The van der Waals surface area contributed by atoms with E-state index in [0.29, 0.717) is 31.6 Å². The summed E-state index contributed by atoms with van der Waals surface area (Å²) in [4.78, 5) is 10.7. The fraction of sp³-hybridized carbons (Fsp3) is 0.571. The molecule has 1 aromatic rings. The van der Waals surface area contributed by atoms with Crippen molar-refractivity contribution in [2.24, 2.45) is 10.7 Å². The fourth-order valence-electron chi connectivity index (χ4n) is 1.88. The third-order valence-electron chi connectivity index (χ3n) is 2.91. The normalized spacial score (nSPS) is 16.6. The molecule has 0 unspecified atom stereocenters. The van der Waals surface area contributed by atoms with Crippen LogP contribution in [0.2, 0.25) is 0 Å². The van der Waals surface area contributed by atoms with E-state index in [2.05, 4.69) is 9.98 Å². The molecule has 0 radical (unpaired) electrons. The van der Waals surface area contributed by atoms with Crippen molar-refractivity contribution in [3.8, 4) is 5.88 Å². The Kier molecular flexibility index (Phi) is 5.17. The number of nitrogens with two attached hydrogens (primary N) is 1. The number of hydrogen-bond acceptors (Lipinski definition) is 4. The van der Waals surface area contributed by atoms with Crippen LogP contribution in [0.3, 0.4) is 0 Å². The van der Waals surface area contributed by atoms with Crippen LogP contribution in [-0.2, 0) is 11.3 Å². The van der Waals surface area contributed by atoms with Crippen LogP contribution in [-0.4, -0.2) is 48.3 Å². The van der Waals surface area contributed by atoms with Crippen molar-refractivity contribution in [1.82, 2.24) is 9.88 Å². The Labute approximate surface area is 119 Å². The lowest BCUT2D eigenvalue weighted by Crippen LogP contribution is -2.44. The lowest BCUT2D eigenvalue weighted by atomic mass is 10.3. The van der Waals surface area contributed by atoms with Crippen LogP contribution in [0.1, 0.15) is 19.4 Å². The van der Waals surface area contributed by atoms with E-state index >= 15 is 0 Å². The lowest BCUT2D eigenvalue weighted by molar-refractivity contribution is 0.0674. The van der Waals surface area contributed by atoms with Crippen LogP contribution in [0.4, 0.5) is 0 Å². The molecular formula is C14H22N4O2. The Morgan fingerprint density at radius 1 is 1.45 bits per heavy atom. The van der Waals surface area contributed by atoms with Crippen molar-refractivity contribution < 1.29 is 9.47 Å². The van der Waals surface area contributed by atoms with Crippen molar-refractivity contribution in [3.05, 3.63) is 23.9 Å². The second-order valence-electron chi connectivity index (χ2n) is 4.95. The molecule has 0 bridgehead atoms. The van der Waals surface area contributed by atoms with Gasteiger partial charge in [0.05, 0.1) is 25.9 Å². The summed E-state index contributed by atoms with van der Waals surface area (Å²) in [6.07, 6.45) is 1.90. The molecule has 1 aromatic heterocycles. The summed E-state index contributed by atoms with van der Waals surface area (Å²) >= 11 is 0. The van der Waals surface area contributed by atoms with Gasteiger partial charge in [0.15, 0.2) is 5.96 Å². The van der Waals surface area contributed by atoms with E-state index in [-0.39, 0.29) is 6.10 Å². The number of ether oxygens (including phenoxy) is 2. The third kappa shape index (κ3) is 4.38. The lowest BCUT2D eigenvalue weighted by Gasteiger charge is -2.27. The number of aliphatic imine (C=N–C) groups is 1. The molecule has 1 saturated heterocycles. The van der Waals surface area contributed by atoms with Gasteiger partial charge in [-0.05, 0) is 19.4 Å². The average Bonchev–Trinajstić information content (AvgIpc) is 2.46. The molecule has 2 heterocycles. The summed E-state index contributed by atoms with van der Waals surface area (Å²) in [5, 5.41) is 0. The summed E-state index contributed by atoms with van der Waals surface area (Å²) < 4.78 is 10.8. The Morgan fingerprint density at radius 3 is 2.80 bits per heavy atom. The van der Waals surface area contributed by atoms with Crippen molar-refractivity contribution in [1.29, 1.82) is 0 Å². The maximum absolute atomic E-state index is 5.97. The number of rotatable bonds is 4. The minimum Gasteiger partial charge on any atom is -0.475 e. The van der Waals surface area contributed by atoms with E-state index in [1.165, 1.54) is 0 Å². The second-order valence-corrected chi connectivity index (χ2v) is 4.95. The van der Waals surface area contributed by atoms with E-state index in [1.807, 2.05) is 30.9 Å². The van der Waals surface area contributed by atoms with Gasteiger partial charge >= 0.3 is 0 Å². The molecule has 2 N–H and O–H groups in total. The topological polar surface area (TPSA) is 73.0 Å². The van der Waals surface area contributed by atoms with Crippen molar-refractivity contribution in [3.63, 3.8) is 0 Å². The Morgan fingerprint density at radius 2 is 2.20 bits per heavy atom. The van der Waals surface area contributed by atoms with Gasteiger partial charge in [0.1, 0.15) is 0 Å². The average molecular weight is 278 g/mol. The second kappa shape index (κ2) is 7.09. The van der Waals surface area contributed by atoms with Gasteiger partial charge in [-0.2, -0.15) is 0 Å². The van der Waals surface area contributed by atoms with Gasteiger partial charge in [-0.1, -0.05) is 6.07 Å². The van der Waals surface area contributed by atoms with Gasteiger partial charge in [-0.25, -0.2) is 9.98 Å². The third-order valence-corrected chi connectivity index (χ3v) is 2.91. The molecule has 0 amide bonds. The van der Waals surface area contributed by atoms with E-state index < -0.39 is 0 Å². The highest BCUT2D eigenvalue weighted by atomic mass is 16.5.